The van der Waals surface area contributed by atoms with E-state index in [-0.39, 0.29) is 32.3 Å². The van der Waals surface area contributed by atoms with Crippen molar-refractivity contribution in [1.82, 2.24) is 5.32 Å². The zero-order chi connectivity index (χ0) is 29.4. The molecule has 1 amide bonds. The highest BCUT2D eigenvalue weighted by molar-refractivity contribution is 5.79. The van der Waals surface area contributed by atoms with Gasteiger partial charge in [-0.25, -0.2) is 18.0 Å². The summed E-state index contributed by atoms with van der Waals surface area (Å²) in [6.45, 7) is 0.813. The van der Waals surface area contributed by atoms with Crippen molar-refractivity contribution in [1.29, 1.82) is 0 Å². The Hall–Kier alpha value is -4.03. The first-order valence-electron chi connectivity index (χ1n) is 12.8. The maximum atomic E-state index is 13.5. The fourth-order valence-corrected chi connectivity index (χ4v) is 4.33. The van der Waals surface area contributed by atoms with Gasteiger partial charge >= 0.3 is 12.1 Å². The zero-order valence-electron chi connectivity index (χ0n) is 21.7. The molecule has 1 aliphatic rings. The number of benzene rings is 3. The van der Waals surface area contributed by atoms with E-state index in [0.717, 1.165) is 22.3 Å². The summed E-state index contributed by atoms with van der Waals surface area (Å²) in [5, 5.41) is 2.67. The molecule has 3 aromatic carbocycles. The molecule has 12 heteroatoms. The summed E-state index contributed by atoms with van der Waals surface area (Å²) in [6, 6.07) is 16.1. The lowest BCUT2D eigenvalue weighted by molar-refractivity contribution is -0.136. The molecule has 218 valence electrons. The van der Waals surface area contributed by atoms with Gasteiger partial charge in [0.05, 0.1) is 26.2 Å². The molecule has 0 radical (unpaired) electrons. The van der Waals surface area contributed by atoms with Crippen LogP contribution in [0, 0.1) is 29.1 Å². The minimum atomic E-state index is -2.35. The van der Waals surface area contributed by atoms with E-state index in [1.165, 1.54) is 0 Å². The molecule has 3 aromatic rings. The van der Waals surface area contributed by atoms with Crippen LogP contribution in [0.5, 0.6) is 5.75 Å². The molecule has 0 unspecified atom stereocenters. The number of amides is 1. The van der Waals surface area contributed by atoms with Crippen molar-refractivity contribution in [2.24, 2.45) is 0 Å². The third-order valence-corrected chi connectivity index (χ3v) is 6.29. The van der Waals surface area contributed by atoms with Crippen molar-refractivity contribution in [2.75, 3.05) is 39.6 Å². The first kappa shape index (κ1) is 29.9. The summed E-state index contributed by atoms with van der Waals surface area (Å²) >= 11 is 0. The van der Waals surface area contributed by atoms with Crippen LogP contribution in [0.1, 0.15) is 29.9 Å². The standard InChI is InChI=1S/C29H26F5NO6/c30-23-24(31)26(33)28(27(34)25(23)32)41-22(36)10-13-39-15-14-38-12-5-11-35-29(37)40-16-21-19-8-3-1-6-17(19)18-7-2-4-9-20(18)21/h1-4,6-9,21H,5,10-16H2,(H,35,37). The van der Waals surface area contributed by atoms with E-state index in [2.05, 4.69) is 22.2 Å². The molecule has 7 nitrogen and oxygen atoms in total. The number of hydrogen-bond acceptors (Lipinski definition) is 6. The van der Waals surface area contributed by atoms with E-state index in [1.54, 1.807) is 0 Å². The Kier molecular flexibility index (Phi) is 10.3. The maximum Gasteiger partial charge on any atom is 0.407 e. The molecule has 0 aliphatic heterocycles. The Morgan fingerprint density at radius 2 is 1.24 bits per heavy atom. The first-order valence-corrected chi connectivity index (χ1v) is 12.8. The molecule has 0 heterocycles. The average Bonchev–Trinajstić information content (AvgIpc) is 3.30. The van der Waals surface area contributed by atoms with Gasteiger partial charge in [-0.1, -0.05) is 48.5 Å². The lowest BCUT2D eigenvalue weighted by atomic mass is 9.98. The fourth-order valence-electron chi connectivity index (χ4n) is 4.33. The second kappa shape index (κ2) is 14.0. The Bertz CT molecular complexity index is 1330. The van der Waals surface area contributed by atoms with Gasteiger partial charge in [-0.3, -0.25) is 4.79 Å². The Balaban J connectivity index is 1.04. The molecule has 0 atom stereocenters. The van der Waals surface area contributed by atoms with E-state index in [4.69, 9.17) is 14.2 Å². The van der Waals surface area contributed by atoms with Gasteiger partial charge in [-0.15, -0.1) is 0 Å². The van der Waals surface area contributed by atoms with Crippen LogP contribution in [-0.2, 0) is 19.0 Å². The van der Waals surface area contributed by atoms with Crippen molar-refractivity contribution in [3.63, 3.8) is 0 Å². The molecule has 4 rings (SSSR count). The van der Waals surface area contributed by atoms with Crippen molar-refractivity contribution in [2.45, 2.75) is 18.8 Å². The lowest BCUT2D eigenvalue weighted by Gasteiger charge is -2.14. The van der Waals surface area contributed by atoms with E-state index in [0.29, 0.717) is 19.6 Å². The summed E-state index contributed by atoms with van der Waals surface area (Å²) in [7, 11) is 0. The van der Waals surface area contributed by atoms with Crippen molar-refractivity contribution < 1.29 is 50.5 Å². The minimum absolute atomic E-state index is 0.0328. The molecular weight excluding hydrogens is 553 g/mol. The quantitative estimate of drug-likeness (QED) is 0.0705. The SMILES string of the molecule is O=C(CCOCCOCCCNC(=O)OCC1c2ccccc2-c2ccccc21)Oc1c(F)c(F)c(F)c(F)c1F. The second-order valence-corrected chi connectivity index (χ2v) is 8.95. The largest absolute Gasteiger partial charge is 0.449 e. The highest BCUT2D eigenvalue weighted by Crippen LogP contribution is 2.44. The van der Waals surface area contributed by atoms with Gasteiger partial charge in [0.15, 0.2) is 0 Å². The Morgan fingerprint density at radius 3 is 1.85 bits per heavy atom. The molecule has 0 aromatic heterocycles. The van der Waals surface area contributed by atoms with Crippen LogP contribution >= 0.6 is 0 Å². The van der Waals surface area contributed by atoms with Crippen molar-refractivity contribution >= 4 is 12.1 Å². The number of halogens is 5. The average molecular weight is 580 g/mol. The van der Waals surface area contributed by atoms with Gasteiger partial charge in [-0.2, -0.15) is 8.78 Å². The zero-order valence-corrected chi connectivity index (χ0v) is 21.7. The van der Waals surface area contributed by atoms with Crippen LogP contribution < -0.4 is 10.1 Å². The van der Waals surface area contributed by atoms with E-state index in [1.807, 2.05) is 36.4 Å². The summed E-state index contributed by atoms with van der Waals surface area (Å²) < 4.78 is 86.7. The molecular formula is C29H26F5NO6. The molecule has 0 saturated heterocycles. The Morgan fingerprint density at radius 1 is 0.707 bits per heavy atom. The highest BCUT2D eigenvalue weighted by atomic mass is 19.2. The number of ether oxygens (including phenoxy) is 4. The molecule has 1 aliphatic carbocycles. The van der Waals surface area contributed by atoms with Gasteiger partial charge in [0.1, 0.15) is 6.61 Å². The monoisotopic (exact) mass is 579 g/mol. The summed E-state index contributed by atoms with van der Waals surface area (Å²) in [4.78, 5) is 23.8. The van der Waals surface area contributed by atoms with E-state index < -0.39 is 53.3 Å². The maximum absolute atomic E-state index is 13.5. The highest BCUT2D eigenvalue weighted by Gasteiger charge is 2.30. The predicted octanol–water partition coefficient (Wildman–Crippen LogP) is 5.64. The third kappa shape index (κ3) is 7.19. The van der Waals surface area contributed by atoms with Gasteiger partial charge in [0.2, 0.25) is 34.8 Å². The van der Waals surface area contributed by atoms with Crippen LogP contribution in [0.2, 0.25) is 0 Å². The predicted molar refractivity (Wildman–Crippen MR) is 136 cm³/mol. The number of fused-ring (bicyclic) bond motifs is 3. The number of carbonyl (C=O) groups excluding carboxylic acids is 2. The van der Waals surface area contributed by atoms with Crippen molar-refractivity contribution in [3.05, 3.63) is 88.7 Å². The number of nitrogens with one attached hydrogen (secondary N) is 1. The number of hydrogen-bond donors (Lipinski definition) is 1. The minimum Gasteiger partial charge on any atom is -0.449 e. The number of esters is 1. The number of carbonyl (C=O) groups is 2. The first-order chi connectivity index (χ1) is 19.8. The van der Waals surface area contributed by atoms with E-state index >= 15 is 0 Å². The molecule has 0 fully saturated rings. The van der Waals surface area contributed by atoms with Crippen LogP contribution in [0.3, 0.4) is 0 Å². The Labute approximate surface area is 232 Å². The summed E-state index contributed by atoms with van der Waals surface area (Å²) in [5.41, 5.74) is 4.52. The van der Waals surface area contributed by atoms with Gasteiger partial charge < -0.3 is 24.3 Å². The topological polar surface area (TPSA) is 83.1 Å². The second-order valence-electron chi connectivity index (χ2n) is 8.95. The fraction of sp³-hybridized carbons (Fsp3) is 0.310. The van der Waals surface area contributed by atoms with Crippen LogP contribution in [0.25, 0.3) is 11.1 Å². The van der Waals surface area contributed by atoms with Crippen LogP contribution in [0.15, 0.2) is 48.5 Å². The van der Waals surface area contributed by atoms with Crippen LogP contribution in [0.4, 0.5) is 26.7 Å². The molecule has 41 heavy (non-hydrogen) atoms. The van der Waals surface area contributed by atoms with Gasteiger partial charge in [0.25, 0.3) is 0 Å². The smallest absolute Gasteiger partial charge is 0.407 e. The van der Waals surface area contributed by atoms with Gasteiger partial charge in [-0.05, 0) is 28.7 Å². The molecule has 0 saturated carbocycles. The summed E-state index contributed by atoms with van der Waals surface area (Å²) in [6.07, 6.45) is -0.532. The number of alkyl carbamates (subject to hydrolysis) is 1. The van der Waals surface area contributed by atoms with E-state index in [9.17, 15) is 31.5 Å². The van der Waals surface area contributed by atoms with Crippen molar-refractivity contribution in [3.8, 4) is 16.9 Å². The third-order valence-electron chi connectivity index (χ3n) is 6.29. The van der Waals surface area contributed by atoms with Crippen LogP contribution in [-0.4, -0.2) is 51.6 Å². The molecule has 0 bridgehead atoms. The molecule has 1 N–H and O–H groups in total. The molecule has 0 spiro atoms. The van der Waals surface area contributed by atoms with Gasteiger partial charge in [0, 0.05) is 19.1 Å². The summed E-state index contributed by atoms with van der Waals surface area (Å²) in [5.74, 6) is -14.2. The number of rotatable bonds is 13. The normalized spacial score (nSPS) is 12.1. The lowest BCUT2D eigenvalue weighted by Crippen LogP contribution is -2.27.